The fourth-order valence-electron chi connectivity index (χ4n) is 2.96. The Bertz CT molecular complexity index is 752. The van der Waals surface area contributed by atoms with E-state index in [0.717, 1.165) is 30.6 Å². The van der Waals surface area contributed by atoms with Crippen LogP contribution in [0.25, 0.3) is 0 Å². The van der Waals surface area contributed by atoms with E-state index in [1.807, 2.05) is 30.3 Å². The van der Waals surface area contributed by atoms with Gasteiger partial charge in [-0.2, -0.15) is 5.26 Å². The molecule has 1 heterocycles. The van der Waals surface area contributed by atoms with Gasteiger partial charge in [0.05, 0.1) is 21.7 Å². The van der Waals surface area contributed by atoms with Crippen molar-refractivity contribution < 1.29 is 0 Å². The minimum absolute atomic E-state index is 0.241. The highest BCUT2D eigenvalue weighted by atomic mass is 35.5. The highest BCUT2D eigenvalue weighted by Crippen LogP contribution is 2.38. The van der Waals surface area contributed by atoms with Crippen LogP contribution in [0.4, 0.5) is 11.4 Å². The average molecular weight is 332 g/mol. The summed E-state index contributed by atoms with van der Waals surface area (Å²) in [5, 5.41) is 10.3. The molecule has 0 amide bonds. The zero-order valence-electron chi connectivity index (χ0n) is 11.9. The van der Waals surface area contributed by atoms with Crippen molar-refractivity contribution >= 4 is 34.6 Å². The normalized spacial score (nSPS) is 17.5. The van der Waals surface area contributed by atoms with Crippen LogP contribution in [0.5, 0.6) is 0 Å². The van der Waals surface area contributed by atoms with Crippen molar-refractivity contribution in [2.75, 3.05) is 17.2 Å². The van der Waals surface area contributed by atoms with Gasteiger partial charge in [-0.3, -0.25) is 0 Å². The molecule has 0 spiro atoms. The van der Waals surface area contributed by atoms with Crippen molar-refractivity contribution in [1.29, 1.82) is 5.26 Å². The highest BCUT2D eigenvalue weighted by molar-refractivity contribution is 6.42. The van der Waals surface area contributed by atoms with E-state index in [1.54, 1.807) is 6.07 Å². The van der Waals surface area contributed by atoms with Crippen LogP contribution < -0.4 is 10.6 Å². The molecule has 22 heavy (non-hydrogen) atoms. The van der Waals surface area contributed by atoms with Gasteiger partial charge in [-0.15, -0.1) is 0 Å². The lowest BCUT2D eigenvalue weighted by Crippen LogP contribution is -2.22. The van der Waals surface area contributed by atoms with Crippen molar-refractivity contribution in [2.45, 2.75) is 18.9 Å². The minimum Gasteiger partial charge on any atom is -0.398 e. The van der Waals surface area contributed by atoms with Gasteiger partial charge in [-0.1, -0.05) is 29.3 Å². The Labute approximate surface area is 139 Å². The van der Waals surface area contributed by atoms with Crippen molar-refractivity contribution in [2.24, 2.45) is 0 Å². The van der Waals surface area contributed by atoms with Gasteiger partial charge in [0.15, 0.2) is 0 Å². The van der Waals surface area contributed by atoms with Crippen LogP contribution in [0, 0.1) is 11.3 Å². The molecule has 0 aliphatic carbocycles. The van der Waals surface area contributed by atoms with Crippen LogP contribution >= 0.6 is 23.2 Å². The number of halogens is 2. The molecular formula is C17H15Cl2N3. The van der Waals surface area contributed by atoms with E-state index in [1.165, 1.54) is 0 Å². The molecule has 1 aliphatic rings. The Morgan fingerprint density at radius 1 is 1.14 bits per heavy atom. The molecule has 2 aromatic rings. The summed E-state index contributed by atoms with van der Waals surface area (Å²) >= 11 is 12.1. The van der Waals surface area contributed by atoms with Crippen molar-refractivity contribution in [1.82, 2.24) is 0 Å². The number of nitrogens with zero attached hydrogens (tertiary/aromatic N) is 2. The topological polar surface area (TPSA) is 53.0 Å². The van der Waals surface area contributed by atoms with E-state index in [-0.39, 0.29) is 6.04 Å². The third-order valence-corrected chi connectivity index (χ3v) is 4.81. The molecule has 1 saturated heterocycles. The predicted octanol–water partition coefficient (Wildman–Crippen LogP) is 4.79. The number of hydrogen-bond donors (Lipinski definition) is 1. The summed E-state index contributed by atoms with van der Waals surface area (Å²) in [6, 6.07) is 13.8. The van der Waals surface area contributed by atoms with Gasteiger partial charge in [0.25, 0.3) is 0 Å². The first-order valence-corrected chi connectivity index (χ1v) is 7.87. The molecule has 1 atom stereocenters. The van der Waals surface area contributed by atoms with E-state index in [2.05, 4.69) is 11.0 Å². The van der Waals surface area contributed by atoms with Crippen LogP contribution in [0.1, 0.15) is 30.0 Å². The average Bonchev–Trinajstić information content (AvgIpc) is 3.00. The summed E-state index contributed by atoms with van der Waals surface area (Å²) in [6.07, 6.45) is 2.14. The molecule has 2 aromatic carbocycles. The quantitative estimate of drug-likeness (QED) is 0.805. The van der Waals surface area contributed by atoms with Gasteiger partial charge >= 0.3 is 0 Å². The summed E-state index contributed by atoms with van der Waals surface area (Å²) in [5.74, 6) is 0. The fraction of sp³-hybridized carbons (Fsp3) is 0.235. The maximum absolute atomic E-state index is 9.15. The van der Waals surface area contributed by atoms with Gasteiger partial charge in [0.1, 0.15) is 6.07 Å². The van der Waals surface area contributed by atoms with Crippen LogP contribution in [-0.4, -0.2) is 6.54 Å². The second kappa shape index (κ2) is 6.08. The molecular weight excluding hydrogens is 317 g/mol. The van der Waals surface area contributed by atoms with Crippen molar-refractivity contribution in [3.8, 4) is 6.07 Å². The van der Waals surface area contributed by atoms with Crippen LogP contribution in [-0.2, 0) is 0 Å². The van der Waals surface area contributed by atoms with Crippen LogP contribution in [0.3, 0.4) is 0 Å². The molecule has 3 rings (SSSR count). The maximum atomic E-state index is 9.15. The van der Waals surface area contributed by atoms with Gasteiger partial charge < -0.3 is 10.6 Å². The smallest absolute Gasteiger partial charge is 0.101 e. The summed E-state index contributed by atoms with van der Waals surface area (Å²) < 4.78 is 0. The SMILES string of the molecule is N#Cc1cc(N2CCC[C@@H]2c2ccc(Cl)c(Cl)c2)ccc1N. The van der Waals surface area contributed by atoms with Crippen molar-refractivity contribution in [3.63, 3.8) is 0 Å². The van der Waals surface area contributed by atoms with Gasteiger partial charge in [0.2, 0.25) is 0 Å². The Hall–Kier alpha value is -1.89. The third kappa shape index (κ3) is 2.72. The number of hydrogen-bond acceptors (Lipinski definition) is 3. The monoisotopic (exact) mass is 331 g/mol. The number of nitriles is 1. The lowest BCUT2D eigenvalue weighted by Gasteiger charge is -2.27. The summed E-state index contributed by atoms with van der Waals surface area (Å²) in [6.45, 7) is 0.944. The maximum Gasteiger partial charge on any atom is 0.101 e. The van der Waals surface area contributed by atoms with Crippen LogP contribution in [0.2, 0.25) is 10.0 Å². The van der Waals surface area contributed by atoms with Gasteiger partial charge in [0, 0.05) is 17.9 Å². The molecule has 3 nitrogen and oxygen atoms in total. The number of nitrogen functional groups attached to an aromatic ring is 1. The minimum atomic E-state index is 0.241. The molecule has 0 unspecified atom stereocenters. The number of nitrogens with two attached hydrogens (primary N) is 1. The Balaban J connectivity index is 1.96. The summed E-state index contributed by atoms with van der Waals surface area (Å²) in [5.41, 5.74) is 8.98. The molecule has 0 saturated carbocycles. The standard InChI is InChI=1S/C17H15Cl2N3/c18-14-5-3-11(9-15(14)19)17-2-1-7-22(17)13-4-6-16(21)12(8-13)10-20/h3-6,8-9,17H,1-2,7,21H2/t17-/m1/s1. The first-order valence-electron chi connectivity index (χ1n) is 7.11. The number of anilines is 2. The number of rotatable bonds is 2. The first-order chi connectivity index (χ1) is 10.6. The predicted molar refractivity (Wildman–Crippen MR) is 91.4 cm³/mol. The van der Waals surface area contributed by atoms with E-state index in [9.17, 15) is 0 Å². The lowest BCUT2D eigenvalue weighted by atomic mass is 10.0. The highest BCUT2D eigenvalue weighted by Gasteiger charge is 2.27. The Morgan fingerprint density at radius 3 is 2.68 bits per heavy atom. The first kappa shape index (κ1) is 15.0. The molecule has 5 heteroatoms. The molecule has 0 radical (unpaired) electrons. The van der Waals surface area contributed by atoms with E-state index in [0.29, 0.717) is 21.3 Å². The van der Waals surface area contributed by atoms with Gasteiger partial charge in [-0.25, -0.2) is 0 Å². The van der Waals surface area contributed by atoms with E-state index in [4.69, 9.17) is 34.2 Å². The summed E-state index contributed by atoms with van der Waals surface area (Å²) in [4.78, 5) is 2.29. The zero-order valence-corrected chi connectivity index (χ0v) is 13.4. The largest absolute Gasteiger partial charge is 0.398 e. The second-order valence-electron chi connectivity index (χ2n) is 5.41. The summed E-state index contributed by atoms with van der Waals surface area (Å²) in [7, 11) is 0. The fourth-order valence-corrected chi connectivity index (χ4v) is 3.27. The van der Waals surface area contributed by atoms with Crippen LogP contribution in [0.15, 0.2) is 36.4 Å². The zero-order chi connectivity index (χ0) is 15.7. The van der Waals surface area contributed by atoms with E-state index >= 15 is 0 Å². The molecule has 1 aliphatic heterocycles. The molecule has 1 fully saturated rings. The Morgan fingerprint density at radius 2 is 1.95 bits per heavy atom. The van der Waals surface area contributed by atoms with E-state index < -0.39 is 0 Å². The number of benzene rings is 2. The van der Waals surface area contributed by atoms with Gasteiger partial charge in [-0.05, 0) is 48.7 Å². The molecule has 0 bridgehead atoms. The third-order valence-electron chi connectivity index (χ3n) is 4.07. The molecule has 112 valence electrons. The lowest BCUT2D eigenvalue weighted by molar-refractivity contribution is 0.719. The molecule has 0 aromatic heterocycles. The Kier molecular flexibility index (Phi) is 4.15. The van der Waals surface area contributed by atoms with Crippen molar-refractivity contribution in [3.05, 3.63) is 57.6 Å². The molecule has 2 N–H and O–H groups in total. The second-order valence-corrected chi connectivity index (χ2v) is 6.22.